The number of sulfonamides is 1. The molecule has 11 nitrogen and oxygen atoms in total. The molecule has 2 aliphatic heterocycles. The van der Waals surface area contributed by atoms with Crippen LogP contribution in [0, 0.1) is 10.1 Å². The quantitative estimate of drug-likeness (QED) is 0.329. The van der Waals surface area contributed by atoms with Crippen molar-refractivity contribution in [2.75, 3.05) is 42.5 Å². The fourth-order valence-electron chi connectivity index (χ4n) is 4.65. The van der Waals surface area contributed by atoms with Gasteiger partial charge in [0.25, 0.3) is 5.69 Å². The molecule has 0 bridgehead atoms. The van der Waals surface area contributed by atoms with E-state index in [1.165, 1.54) is 21.9 Å². The van der Waals surface area contributed by atoms with Gasteiger partial charge in [-0.2, -0.15) is 8.68 Å². The van der Waals surface area contributed by atoms with Crippen molar-refractivity contribution in [1.29, 1.82) is 0 Å². The summed E-state index contributed by atoms with van der Waals surface area (Å²) >= 11 is 1.21. The Morgan fingerprint density at radius 3 is 2.49 bits per heavy atom. The molecule has 2 fully saturated rings. The summed E-state index contributed by atoms with van der Waals surface area (Å²) in [7, 11) is -3.69. The SMILES string of the molecule is O=C1CCCN1c1ccc(S(=O)(=O)N2CCCN(c3nc(Cc4ccccc4[N+](=O)[O-])ns3)CC2)cc1. The minimum atomic E-state index is -3.69. The molecule has 37 heavy (non-hydrogen) atoms. The van der Waals surface area contributed by atoms with E-state index in [2.05, 4.69) is 9.36 Å². The molecule has 0 radical (unpaired) electrons. The van der Waals surface area contributed by atoms with E-state index < -0.39 is 14.9 Å². The highest BCUT2D eigenvalue weighted by molar-refractivity contribution is 7.89. The second-order valence-corrected chi connectivity index (χ2v) is 11.6. The first kappa shape index (κ1) is 25.2. The number of hydrogen-bond acceptors (Lipinski definition) is 9. The van der Waals surface area contributed by atoms with Gasteiger partial charge in [0.15, 0.2) is 0 Å². The summed E-state index contributed by atoms with van der Waals surface area (Å²) in [5.41, 5.74) is 1.30. The van der Waals surface area contributed by atoms with Crippen molar-refractivity contribution in [1.82, 2.24) is 13.7 Å². The normalized spacial score (nSPS) is 17.2. The van der Waals surface area contributed by atoms with E-state index in [0.29, 0.717) is 62.1 Å². The van der Waals surface area contributed by atoms with E-state index >= 15 is 0 Å². The van der Waals surface area contributed by atoms with E-state index in [1.54, 1.807) is 47.4 Å². The molecular weight excluding hydrogens is 516 g/mol. The van der Waals surface area contributed by atoms with Gasteiger partial charge in [0, 0.05) is 74.4 Å². The average Bonchev–Trinajstić information content (AvgIpc) is 3.45. The van der Waals surface area contributed by atoms with Crippen molar-refractivity contribution in [3.05, 3.63) is 70.0 Å². The topological polar surface area (TPSA) is 130 Å². The zero-order valence-electron chi connectivity index (χ0n) is 20.0. The summed E-state index contributed by atoms with van der Waals surface area (Å²) in [6.45, 7) is 2.42. The standard InChI is InChI=1S/C24H26N6O5S2/c31-23-7-3-14-29(23)19-8-10-20(11-9-19)37(34,35)28-13-4-12-27(15-16-28)24-25-22(26-36-24)17-18-5-1-2-6-21(18)30(32)33/h1-2,5-6,8-11H,3-4,7,12-17H2. The molecule has 5 rings (SSSR count). The molecule has 3 heterocycles. The number of nitro benzene ring substituents is 1. The Labute approximate surface area is 218 Å². The van der Waals surface area contributed by atoms with Gasteiger partial charge >= 0.3 is 0 Å². The second-order valence-electron chi connectivity index (χ2n) is 8.94. The number of carbonyl (C=O) groups excluding carboxylic acids is 1. The van der Waals surface area contributed by atoms with Crippen LogP contribution in [0.1, 0.15) is 30.7 Å². The number of aromatic nitrogens is 2. The number of para-hydroxylation sites is 1. The van der Waals surface area contributed by atoms with E-state index in [4.69, 9.17) is 0 Å². The molecule has 0 unspecified atom stereocenters. The molecule has 0 aliphatic carbocycles. The molecule has 2 saturated heterocycles. The molecule has 1 amide bonds. The van der Waals surface area contributed by atoms with Crippen molar-refractivity contribution in [2.45, 2.75) is 30.6 Å². The van der Waals surface area contributed by atoms with Crippen LogP contribution in [0.3, 0.4) is 0 Å². The van der Waals surface area contributed by atoms with Gasteiger partial charge in [0.05, 0.1) is 9.82 Å². The third kappa shape index (κ3) is 5.33. The summed E-state index contributed by atoms with van der Waals surface area (Å²) in [5.74, 6) is 0.560. The third-order valence-electron chi connectivity index (χ3n) is 6.58. The van der Waals surface area contributed by atoms with E-state index in [-0.39, 0.29) is 22.9 Å². The lowest BCUT2D eigenvalue weighted by atomic mass is 10.1. The maximum Gasteiger partial charge on any atom is 0.273 e. The van der Waals surface area contributed by atoms with Crippen LogP contribution in [0.5, 0.6) is 0 Å². The lowest BCUT2D eigenvalue weighted by molar-refractivity contribution is -0.385. The minimum absolute atomic E-state index is 0.0366. The molecule has 0 saturated carbocycles. The Balaban J connectivity index is 1.25. The molecule has 2 aliphatic rings. The fraction of sp³-hybridized carbons (Fsp3) is 0.375. The van der Waals surface area contributed by atoms with Crippen LogP contribution in [-0.2, 0) is 21.2 Å². The van der Waals surface area contributed by atoms with E-state index in [0.717, 1.165) is 12.1 Å². The van der Waals surface area contributed by atoms with Crippen LogP contribution in [0.2, 0.25) is 0 Å². The number of benzene rings is 2. The number of anilines is 2. The molecule has 1 aromatic heterocycles. The van der Waals surface area contributed by atoms with Crippen molar-refractivity contribution in [3.63, 3.8) is 0 Å². The van der Waals surface area contributed by atoms with Gasteiger partial charge in [0.1, 0.15) is 5.82 Å². The van der Waals surface area contributed by atoms with Crippen molar-refractivity contribution in [2.24, 2.45) is 0 Å². The van der Waals surface area contributed by atoms with Crippen LogP contribution in [-0.4, -0.2) is 65.6 Å². The van der Waals surface area contributed by atoms with Gasteiger partial charge in [-0.3, -0.25) is 14.9 Å². The van der Waals surface area contributed by atoms with Crippen LogP contribution < -0.4 is 9.80 Å². The Morgan fingerprint density at radius 1 is 0.973 bits per heavy atom. The van der Waals surface area contributed by atoms with Gasteiger partial charge in [0.2, 0.25) is 21.1 Å². The Bertz CT molecular complexity index is 1410. The molecule has 0 N–H and O–H groups in total. The number of nitro groups is 1. The molecule has 194 valence electrons. The number of amides is 1. The first-order valence-corrected chi connectivity index (χ1v) is 14.2. The summed E-state index contributed by atoms with van der Waals surface area (Å²) < 4.78 is 32.5. The van der Waals surface area contributed by atoms with Gasteiger partial charge in [-0.05, 0) is 37.1 Å². The number of hydrogen-bond donors (Lipinski definition) is 0. The Kier molecular flexibility index (Phi) is 7.17. The van der Waals surface area contributed by atoms with Crippen LogP contribution in [0.15, 0.2) is 53.4 Å². The smallest absolute Gasteiger partial charge is 0.273 e. The van der Waals surface area contributed by atoms with Crippen LogP contribution >= 0.6 is 11.5 Å². The monoisotopic (exact) mass is 542 g/mol. The Morgan fingerprint density at radius 2 is 1.76 bits per heavy atom. The summed E-state index contributed by atoms with van der Waals surface area (Å²) in [4.78, 5) is 31.4. The molecule has 3 aromatic rings. The van der Waals surface area contributed by atoms with Crippen LogP contribution in [0.4, 0.5) is 16.5 Å². The highest BCUT2D eigenvalue weighted by Crippen LogP contribution is 2.27. The molecule has 13 heteroatoms. The predicted octanol–water partition coefficient (Wildman–Crippen LogP) is 3.06. The summed E-state index contributed by atoms with van der Waals surface area (Å²) in [5, 5.41) is 12.0. The number of rotatable bonds is 7. The molecular formula is C24H26N6O5S2. The lowest BCUT2D eigenvalue weighted by Gasteiger charge is -2.22. The highest BCUT2D eigenvalue weighted by atomic mass is 32.2. The third-order valence-corrected chi connectivity index (χ3v) is 9.31. The maximum absolute atomic E-state index is 13.3. The first-order valence-electron chi connectivity index (χ1n) is 12.0. The Hall–Kier alpha value is -3.42. The highest BCUT2D eigenvalue weighted by Gasteiger charge is 2.29. The van der Waals surface area contributed by atoms with E-state index in [1.807, 2.05) is 4.90 Å². The maximum atomic E-state index is 13.3. The predicted molar refractivity (Wildman–Crippen MR) is 139 cm³/mol. The number of carbonyl (C=O) groups is 1. The first-order chi connectivity index (χ1) is 17.8. The zero-order valence-corrected chi connectivity index (χ0v) is 21.7. The van der Waals surface area contributed by atoms with Gasteiger partial charge in [-0.1, -0.05) is 18.2 Å². The fourth-order valence-corrected chi connectivity index (χ4v) is 6.85. The molecule has 2 aromatic carbocycles. The van der Waals surface area contributed by atoms with Gasteiger partial charge in [-0.15, -0.1) is 0 Å². The van der Waals surface area contributed by atoms with Crippen molar-refractivity contribution in [3.8, 4) is 0 Å². The van der Waals surface area contributed by atoms with Gasteiger partial charge < -0.3 is 9.80 Å². The minimum Gasteiger partial charge on any atom is -0.345 e. The summed E-state index contributed by atoms with van der Waals surface area (Å²) in [6.07, 6.45) is 2.21. The molecule has 0 spiro atoms. The molecule has 0 atom stereocenters. The summed E-state index contributed by atoms with van der Waals surface area (Å²) in [6, 6.07) is 13.1. The van der Waals surface area contributed by atoms with E-state index in [9.17, 15) is 23.3 Å². The van der Waals surface area contributed by atoms with Crippen molar-refractivity contribution >= 4 is 44.0 Å². The van der Waals surface area contributed by atoms with Crippen LogP contribution in [0.25, 0.3) is 0 Å². The lowest BCUT2D eigenvalue weighted by Crippen LogP contribution is -2.35. The van der Waals surface area contributed by atoms with Gasteiger partial charge in [-0.25, -0.2) is 13.4 Å². The zero-order chi connectivity index (χ0) is 26.0. The average molecular weight is 543 g/mol. The largest absolute Gasteiger partial charge is 0.345 e. The number of nitrogens with zero attached hydrogens (tertiary/aromatic N) is 6. The van der Waals surface area contributed by atoms with Crippen molar-refractivity contribution < 1.29 is 18.1 Å². The second kappa shape index (κ2) is 10.5.